The minimum absolute atomic E-state index is 0.437. The van der Waals surface area contributed by atoms with E-state index in [4.69, 9.17) is 10.3 Å². The summed E-state index contributed by atoms with van der Waals surface area (Å²) in [5.74, 6) is 2.60. The first-order valence-electron chi connectivity index (χ1n) is 6.67. The summed E-state index contributed by atoms with van der Waals surface area (Å²) in [6.07, 6.45) is 2.73. The number of rotatable bonds is 8. The van der Waals surface area contributed by atoms with Crippen LogP contribution in [0.25, 0.3) is 0 Å². The molecule has 104 valence electrons. The molecule has 0 saturated carbocycles. The van der Waals surface area contributed by atoms with Gasteiger partial charge in [-0.3, -0.25) is 0 Å². The van der Waals surface area contributed by atoms with Gasteiger partial charge in [-0.25, -0.2) is 0 Å². The second kappa shape index (κ2) is 7.48. The predicted molar refractivity (Wildman–Crippen MR) is 72.3 cm³/mol. The molecule has 0 aliphatic rings. The number of nitrogens with zero attached hydrogens (tertiary/aromatic N) is 3. The Morgan fingerprint density at radius 3 is 2.61 bits per heavy atom. The van der Waals surface area contributed by atoms with Gasteiger partial charge in [0.1, 0.15) is 0 Å². The highest BCUT2D eigenvalue weighted by molar-refractivity contribution is 4.89. The molecular weight excluding hydrogens is 228 g/mol. The van der Waals surface area contributed by atoms with Crippen LogP contribution in [0.4, 0.5) is 0 Å². The maximum absolute atomic E-state index is 5.78. The first kappa shape index (κ1) is 15.1. The molecule has 0 bridgehead atoms. The highest BCUT2D eigenvalue weighted by Gasteiger charge is 2.14. The lowest BCUT2D eigenvalue weighted by molar-refractivity contribution is 0.328. The average molecular weight is 254 g/mol. The monoisotopic (exact) mass is 254 g/mol. The standard InChI is InChI=1S/C13H26N4O/c1-10(2)7-11(9-14)8-13-15-12(16-18-13)5-6-17(3)4/h10-11H,5-9,14H2,1-4H3. The third kappa shape index (κ3) is 5.60. The fraction of sp³-hybridized carbons (Fsp3) is 0.846. The molecule has 0 aliphatic heterocycles. The first-order valence-corrected chi connectivity index (χ1v) is 6.67. The van der Waals surface area contributed by atoms with Crippen molar-refractivity contribution in [3.8, 4) is 0 Å². The van der Waals surface area contributed by atoms with Gasteiger partial charge in [0.2, 0.25) is 5.89 Å². The molecule has 0 aliphatic carbocycles. The summed E-state index contributed by atoms with van der Waals surface area (Å²) < 4.78 is 5.28. The van der Waals surface area contributed by atoms with Gasteiger partial charge in [0.15, 0.2) is 5.82 Å². The minimum atomic E-state index is 0.437. The maximum atomic E-state index is 5.78. The van der Waals surface area contributed by atoms with Crippen LogP contribution in [-0.2, 0) is 12.8 Å². The number of hydrogen-bond acceptors (Lipinski definition) is 5. The van der Waals surface area contributed by atoms with Crippen molar-refractivity contribution < 1.29 is 4.52 Å². The summed E-state index contributed by atoms with van der Waals surface area (Å²) in [4.78, 5) is 6.53. The summed E-state index contributed by atoms with van der Waals surface area (Å²) in [5, 5.41) is 4.00. The van der Waals surface area contributed by atoms with E-state index in [0.29, 0.717) is 18.4 Å². The van der Waals surface area contributed by atoms with Gasteiger partial charge >= 0.3 is 0 Å². The zero-order valence-corrected chi connectivity index (χ0v) is 12.0. The van der Waals surface area contributed by atoms with E-state index < -0.39 is 0 Å². The van der Waals surface area contributed by atoms with E-state index in [0.717, 1.165) is 37.5 Å². The lowest BCUT2D eigenvalue weighted by Gasteiger charge is -2.14. The highest BCUT2D eigenvalue weighted by atomic mass is 16.5. The van der Waals surface area contributed by atoms with Crippen molar-refractivity contribution in [1.29, 1.82) is 0 Å². The summed E-state index contributed by atoms with van der Waals surface area (Å²) in [5.41, 5.74) is 5.78. The van der Waals surface area contributed by atoms with Crippen molar-refractivity contribution in [2.45, 2.75) is 33.1 Å². The molecule has 0 saturated heterocycles. The molecule has 0 aromatic carbocycles. The van der Waals surface area contributed by atoms with Crippen LogP contribution in [0.2, 0.25) is 0 Å². The van der Waals surface area contributed by atoms with Gasteiger partial charge in [0.25, 0.3) is 0 Å². The van der Waals surface area contributed by atoms with E-state index in [1.54, 1.807) is 0 Å². The van der Waals surface area contributed by atoms with Crippen molar-refractivity contribution in [2.75, 3.05) is 27.2 Å². The quantitative estimate of drug-likeness (QED) is 0.758. The number of hydrogen-bond donors (Lipinski definition) is 1. The molecule has 0 spiro atoms. The van der Waals surface area contributed by atoms with Crippen LogP contribution >= 0.6 is 0 Å². The zero-order valence-electron chi connectivity index (χ0n) is 12.0. The predicted octanol–water partition coefficient (Wildman–Crippen LogP) is 1.34. The van der Waals surface area contributed by atoms with Gasteiger partial charge < -0.3 is 15.2 Å². The minimum Gasteiger partial charge on any atom is -0.339 e. The molecule has 5 heteroatoms. The van der Waals surface area contributed by atoms with E-state index in [9.17, 15) is 0 Å². The molecule has 18 heavy (non-hydrogen) atoms. The second-order valence-electron chi connectivity index (χ2n) is 5.59. The summed E-state index contributed by atoms with van der Waals surface area (Å²) in [6, 6.07) is 0. The Morgan fingerprint density at radius 2 is 2.06 bits per heavy atom. The zero-order chi connectivity index (χ0) is 13.5. The third-order valence-electron chi connectivity index (χ3n) is 2.89. The number of aromatic nitrogens is 2. The highest BCUT2D eigenvalue weighted by Crippen LogP contribution is 2.15. The van der Waals surface area contributed by atoms with Gasteiger partial charge in [-0.1, -0.05) is 19.0 Å². The maximum Gasteiger partial charge on any atom is 0.226 e. The van der Waals surface area contributed by atoms with E-state index in [1.165, 1.54) is 0 Å². The van der Waals surface area contributed by atoms with E-state index in [2.05, 4.69) is 28.9 Å². The Labute approximate surface area is 110 Å². The Morgan fingerprint density at radius 1 is 1.33 bits per heavy atom. The molecule has 1 atom stereocenters. The first-order chi connectivity index (χ1) is 8.51. The molecule has 1 aromatic rings. The van der Waals surface area contributed by atoms with E-state index in [-0.39, 0.29) is 0 Å². The molecule has 0 fully saturated rings. The van der Waals surface area contributed by atoms with Crippen molar-refractivity contribution in [3.05, 3.63) is 11.7 Å². The van der Waals surface area contributed by atoms with Crippen LogP contribution in [0, 0.1) is 11.8 Å². The van der Waals surface area contributed by atoms with Crippen LogP contribution in [-0.4, -0.2) is 42.2 Å². The van der Waals surface area contributed by atoms with Crippen molar-refractivity contribution in [1.82, 2.24) is 15.0 Å². The van der Waals surface area contributed by atoms with Crippen LogP contribution < -0.4 is 5.73 Å². The molecule has 1 heterocycles. The van der Waals surface area contributed by atoms with Gasteiger partial charge in [-0.15, -0.1) is 0 Å². The molecular formula is C13H26N4O. The largest absolute Gasteiger partial charge is 0.339 e. The molecule has 5 nitrogen and oxygen atoms in total. The Balaban J connectivity index is 2.46. The molecule has 1 aromatic heterocycles. The Kier molecular flexibility index (Phi) is 6.29. The third-order valence-corrected chi connectivity index (χ3v) is 2.89. The Hall–Kier alpha value is -0.940. The van der Waals surface area contributed by atoms with Crippen molar-refractivity contribution in [3.63, 3.8) is 0 Å². The summed E-state index contributed by atoms with van der Waals surface area (Å²) in [6.45, 7) is 6.02. The molecule has 1 unspecified atom stereocenters. The SMILES string of the molecule is CC(C)CC(CN)Cc1nc(CCN(C)C)no1. The lowest BCUT2D eigenvalue weighted by Crippen LogP contribution is -2.19. The number of likely N-dealkylation sites (N-methyl/N-ethyl adjacent to an activating group) is 1. The fourth-order valence-corrected chi connectivity index (χ4v) is 1.97. The van der Waals surface area contributed by atoms with Gasteiger partial charge in [-0.2, -0.15) is 4.98 Å². The summed E-state index contributed by atoms with van der Waals surface area (Å²) in [7, 11) is 4.07. The normalized spacial score (nSPS) is 13.5. The molecule has 1 rings (SSSR count). The summed E-state index contributed by atoms with van der Waals surface area (Å²) >= 11 is 0. The molecule has 2 N–H and O–H groups in total. The topological polar surface area (TPSA) is 68.2 Å². The van der Waals surface area contributed by atoms with Gasteiger partial charge in [0.05, 0.1) is 0 Å². The van der Waals surface area contributed by atoms with Gasteiger partial charge in [0, 0.05) is 19.4 Å². The molecule has 0 radical (unpaired) electrons. The van der Waals surface area contributed by atoms with Crippen molar-refractivity contribution in [2.24, 2.45) is 17.6 Å². The lowest BCUT2D eigenvalue weighted by atomic mass is 9.94. The van der Waals surface area contributed by atoms with Crippen LogP contribution in [0.15, 0.2) is 4.52 Å². The fourth-order valence-electron chi connectivity index (χ4n) is 1.97. The van der Waals surface area contributed by atoms with Crippen molar-refractivity contribution >= 4 is 0 Å². The van der Waals surface area contributed by atoms with Gasteiger partial charge in [-0.05, 0) is 38.9 Å². The number of nitrogens with two attached hydrogens (primary N) is 1. The van der Waals surface area contributed by atoms with Crippen LogP contribution in [0.3, 0.4) is 0 Å². The van der Waals surface area contributed by atoms with Crippen LogP contribution in [0.1, 0.15) is 32.0 Å². The second-order valence-corrected chi connectivity index (χ2v) is 5.59. The van der Waals surface area contributed by atoms with E-state index >= 15 is 0 Å². The smallest absolute Gasteiger partial charge is 0.226 e. The molecule has 0 amide bonds. The Bertz CT molecular complexity index is 335. The average Bonchev–Trinajstić information content (AvgIpc) is 2.72. The van der Waals surface area contributed by atoms with E-state index in [1.807, 2.05) is 14.1 Å². The van der Waals surface area contributed by atoms with Crippen LogP contribution in [0.5, 0.6) is 0 Å².